The largest absolute Gasteiger partial charge is 0.348 e. The minimum absolute atomic E-state index is 0.205. The van der Waals surface area contributed by atoms with Crippen molar-refractivity contribution in [3.63, 3.8) is 0 Å². The summed E-state index contributed by atoms with van der Waals surface area (Å²) in [5, 5.41) is 7.74. The summed E-state index contributed by atoms with van der Waals surface area (Å²) >= 11 is 0. The first-order valence-electron chi connectivity index (χ1n) is 9.02. The molecule has 4 nitrogen and oxygen atoms in total. The molecular weight excluding hydrogens is 276 g/mol. The maximum absolute atomic E-state index is 5.90. The molecule has 0 aromatic heterocycles. The summed E-state index contributed by atoms with van der Waals surface area (Å²) in [4.78, 5) is 0. The van der Waals surface area contributed by atoms with Crippen LogP contribution in [0.2, 0.25) is 0 Å². The third-order valence-corrected chi connectivity index (χ3v) is 5.61. The van der Waals surface area contributed by atoms with Crippen molar-refractivity contribution in [3.8, 4) is 0 Å². The number of rotatable bonds is 2. The highest BCUT2D eigenvalue weighted by Gasteiger charge is 2.45. The van der Waals surface area contributed by atoms with Gasteiger partial charge in [-0.25, -0.2) is 0 Å². The second kappa shape index (κ2) is 5.73. The van der Waals surface area contributed by atoms with E-state index in [-0.39, 0.29) is 16.9 Å². The van der Waals surface area contributed by atoms with E-state index >= 15 is 0 Å². The van der Waals surface area contributed by atoms with Gasteiger partial charge in [-0.1, -0.05) is 6.92 Å². The Morgan fingerprint density at radius 3 is 2.09 bits per heavy atom. The van der Waals surface area contributed by atoms with Gasteiger partial charge in [0.2, 0.25) is 0 Å². The molecule has 2 aliphatic heterocycles. The summed E-state index contributed by atoms with van der Waals surface area (Å²) in [5.41, 5.74) is 0.409. The average Bonchev–Trinajstić information content (AvgIpc) is 2.77. The Balaban J connectivity index is 1.59. The normalized spacial score (nSPS) is 37.5. The molecule has 0 bridgehead atoms. The third kappa shape index (κ3) is 3.66. The van der Waals surface area contributed by atoms with Crippen molar-refractivity contribution in [1.29, 1.82) is 0 Å². The Hall–Kier alpha value is -0.160. The van der Waals surface area contributed by atoms with Gasteiger partial charge in [0.25, 0.3) is 0 Å². The molecule has 1 saturated carbocycles. The second-order valence-electron chi connectivity index (χ2n) is 9.10. The van der Waals surface area contributed by atoms with Gasteiger partial charge in [-0.3, -0.25) is 0 Å². The summed E-state index contributed by atoms with van der Waals surface area (Å²) < 4.78 is 11.8. The first-order chi connectivity index (χ1) is 10.2. The molecule has 4 heteroatoms. The van der Waals surface area contributed by atoms with Gasteiger partial charge >= 0.3 is 0 Å². The zero-order chi connectivity index (χ0) is 16.0. The summed E-state index contributed by atoms with van der Waals surface area (Å²) in [6.07, 6.45) is 5.61. The van der Waals surface area contributed by atoms with Gasteiger partial charge in [-0.05, 0) is 52.9 Å². The first kappa shape index (κ1) is 16.7. The Kier molecular flexibility index (Phi) is 4.35. The fourth-order valence-electron chi connectivity index (χ4n) is 5.14. The molecule has 2 unspecified atom stereocenters. The highest BCUT2D eigenvalue weighted by Crippen LogP contribution is 2.39. The Labute approximate surface area is 135 Å². The molecule has 22 heavy (non-hydrogen) atoms. The number of nitrogens with one attached hydrogen (secondary N) is 2. The minimum Gasteiger partial charge on any atom is -0.348 e. The third-order valence-electron chi connectivity index (χ3n) is 5.61. The van der Waals surface area contributed by atoms with E-state index in [4.69, 9.17) is 9.47 Å². The smallest absolute Gasteiger partial charge is 0.168 e. The molecule has 0 aromatic carbocycles. The monoisotopic (exact) mass is 310 g/mol. The molecule has 2 atom stereocenters. The van der Waals surface area contributed by atoms with Crippen molar-refractivity contribution in [1.82, 2.24) is 10.6 Å². The van der Waals surface area contributed by atoms with Gasteiger partial charge in [0.05, 0.1) is 13.2 Å². The van der Waals surface area contributed by atoms with E-state index in [1.807, 2.05) is 0 Å². The molecule has 2 saturated heterocycles. The van der Waals surface area contributed by atoms with Crippen molar-refractivity contribution in [2.75, 3.05) is 13.2 Å². The predicted molar refractivity (Wildman–Crippen MR) is 88.9 cm³/mol. The molecule has 128 valence electrons. The molecule has 2 N–H and O–H groups in total. The quantitative estimate of drug-likeness (QED) is 0.823. The molecule has 0 radical (unpaired) electrons. The molecule has 1 spiro atoms. The van der Waals surface area contributed by atoms with Crippen LogP contribution in [0.5, 0.6) is 0 Å². The fourth-order valence-corrected chi connectivity index (χ4v) is 5.14. The molecule has 3 aliphatic rings. The molecular formula is C18H34N2O2. The summed E-state index contributed by atoms with van der Waals surface area (Å²) in [6, 6.07) is 1.19. The average molecular weight is 310 g/mol. The van der Waals surface area contributed by atoms with Crippen LogP contribution in [0, 0.1) is 5.92 Å². The summed E-state index contributed by atoms with van der Waals surface area (Å²) in [5.74, 6) is 0.345. The zero-order valence-corrected chi connectivity index (χ0v) is 15.0. The van der Waals surface area contributed by atoms with Gasteiger partial charge in [-0.2, -0.15) is 0 Å². The van der Waals surface area contributed by atoms with Crippen molar-refractivity contribution in [2.24, 2.45) is 5.92 Å². The lowest BCUT2D eigenvalue weighted by molar-refractivity contribution is -0.189. The number of ether oxygens (including phenoxy) is 2. The van der Waals surface area contributed by atoms with Crippen molar-refractivity contribution in [2.45, 2.75) is 95.7 Å². The van der Waals surface area contributed by atoms with Gasteiger partial charge in [0.15, 0.2) is 5.79 Å². The van der Waals surface area contributed by atoms with Crippen LogP contribution in [-0.4, -0.2) is 42.2 Å². The van der Waals surface area contributed by atoms with E-state index in [1.54, 1.807) is 0 Å². The number of hydrogen-bond acceptors (Lipinski definition) is 4. The number of piperidine rings is 1. The van der Waals surface area contributed by atoms with E-state index in [2.05, 4.69) is 45.3 Å². The lowest BCUT2D eigenvalue weighted by Crippen LogP contribution is -2.63. The van der Waals surface area contributed by atoms with Crippen LogP contribution >= 0.6 is 0 Å². The fraction of sp³-hybridized carbons (Fsp3) is 1.00. The minimum atomic E-state index is -0.260. The van der Waals surface area contributed by atoms with Crippen LogP contribution in [0.3, 0.4) is 0 Å². The Bertz CT molecular complexity index is 386. The van der Waals surface area contributed by atoms with Crippen LogP contribution < -0.4 is 10.6 Å². The summed E-state index contributed by atoms with van der Waals surface area (Å²) in [7, 11) is 0. The van der Waals surface area contributed by atoms with E-state index in [0.29, 0.717) is 18.0 Å². The van der Waals surface area contributed by atoms with Crippen LogP contribution in [0.25, 0.3) is 0 Å². The lowest BCUT2D eigenvalue weighted by Gasteiger charge is -2.49. The Morgan fingerprint density at radius 2 is 1.55 bits per heavy atom. The molecule has 0 aromatic rings. The maximum atomic E-state index is 5.90. The number of hydrogen-bond donors (Lipinski definition) is 2. The van der Waals surface area contributed by atoms with Gasteiger partial charge in [0, 0.05) is 36.0 Å². The van der Waals surface area contributed by atoms with Crippen LogP contribution in [-0.2, 0) is 9.47 Å². The molecule has 0 amide bonds. The SMILES string of the molecule is CC1CC2(CCC1NC1CC(C)(C)NC(C)(C)C1)OCCO2. The lowest BCUT2D eigenvalue weighted by atomic mass is 9.77. The molecule has 3 fully saturated rings. The standard InChI is InChI=1S/C18H34N2O2/c1-13-10-18(21-8-9-22-18)7-6-15(13)19-14-11-16(2,3)20-17(4,5)12-14/h13-15,19-20H,6-12H2,1-5H3. The van der Waals surface area contributed by atoms with Gasteiger partial charge in [0.1, 0.15) is 0 Å². The van der Waals surface area contributed by atoms with Crippen LogP contribution in [0.4, 0.5) is 0 Å². The van der Waals surface area contributed by atoms with Crippen LogP contribution in [0.15, 0.2) is 0 Å². The predicted octanol–water partition coefficient (Wildman–Crippen LogP) is 2.82. The molecule has 2 heterocycles. The molecule has 1 aliphatic carbocycles. The van der Waals surface area contributed by atoms with Crippen molar-refractivity contribution < 1.29 is 9.47 Å². The molecule has 3 rings (SSSR count). The summed E-state index contributed by atoms with van der Waals surface area (Å²) in [6.45, 7) is 13.2. The van der Waals surface area contributed by atoms with E-state index in [9.17, 15) is 0 Å². The van der Waals surface area contributed by atoms with Gasteiger partial charge in [-0.15, -0.1) is 0 Å². The first-order valence-corrected chi connectivity index (χ1v) is 9.02. The van der Waals surface area contributed by atoms with Crippen LogP contribution in [0.1, 0.15) is 66.7 Å². The van der Waals surface area contributed by atoms with Crippen molar-refractivity contribution in [3.05, 3.63) is 0 Å². The van der Waals surface area contributed by atoms with Gasteiger partial charge < -0.3 is 20.1 Å². The maximum Gasteiger partial charge on any atom is 0.168 e. The Morgan fingerprint density at radius 1 is 0.955 bits per heavy atom. The van der Waals surface area contributed by atoms with E-state index < -0.39 is 0 Å². The topological polar surface area (TPSA) is 42.5 Å². The highest BCUT2D eigenvalue weighted by molar-refractivity contribution is 5.01. The van der Waals surface area contributed by atoms with E-state index in [1.165, 1.54) is 12.8 Å². The van der Waals surface area contributed by atoms with E-state index in [0.717, 1.165) is 32.5 Å². The van der Waals surface area contributed by atoms with Crippen molar-refractivity contribution >= 4 is 0 Å². The zero-order valence-electron chi connectivity index (χ0n) is 15.0. The second-order valence-corrected chi connectivity index (χ2v) is 9.10. The highest BCUT2D eigenvalue weighted by atomic mass is 16.7.